The van der Waals surface area contributed by atoms with Crippen LogP contribution in [0, 0.1) is 13.8 Å². The zero-order valence-corrected chi connectivity index (χ0v) is 13.5. The van der Waals surface area contributed by atoms with Crippen LogP contribution < -0.4 is 10.5 Å². The van der Waals surface area contributed by atoms with Crippen molar-refractivity contribution in [2.24, 2.45) is 0 Å². The van der Waals surface area contributed by atoms with Crippen molar-refractivity contribution in [3.05, 3.63) is 52.0 Å². The van der Waals surface area contributed by atoms with Crippen molar-refractivity contribution in [2.75, 3.05) is 10.5 Å². The van der Waals surface area contributed by atoms with Crippen LogP contribution >= 0.6 is 15.9 Å². The fourth-order valence-electron chi connectivity index (χ4n) is 1.86. The standard InChI is InChI=1S/C14H15BrN2O2S/c1-9-7-12(16)8-14(10(9)2)20(18,19)17-13-5-3-11(15)4-6-13/h3-8,17H,16H2,1-2H3. The van der Waals surface area contributed by atoms with Crippen LogP contribution in [-0.4, -0.2) is 8.42 Å². The summed E-state index contributed by atoms with van der Waals surface area (Å²) < 4.78 is 28.3. The Labute approximate surface area is 127 Å². The molecular formula is C14H15BrN2O2S. The highest BCUT2D eigenvalue weighted by molar-refractivity contribution is 9.10. The molecule has 0 unspecified atom stereocenters. The van der Waals surface area contributed by atoms with Gasteiger partial charge in [0, 0.05) is 15.8 Å². The molecule has 3 N–H and O–H groups in total. The van der Waals surface area contributed by atoms with E-state index in [9.17, 15) is 8.42 Å². The fourth-order valence-corrected chi connectivity index (χ4v) is 3.54. The average molecular weight is 355 g/mol. The molecule has 0 saturated heterocycles. The lowest BCUT2D eigenvalue weighted by Gasteiger charge is -2.13. The quantitative estimate of drug-likeness (QED) is 0.829. The predicted octanol–water partition coefficient (Wildman–Crippen LogP) is 3.45. The molecule has 0 amide bonds. The van der Waals surface area contributed by atoms with Gasteiger partial charge in [-0.15, -0.1) is 0 Å². The molecule has 0 spiro atoms. The van der Waals surface area contributed by atoms with E-state index in [0.29, 0.717) is 16.9 Å². The second-order valence-electron chi connectivity index (χ2n) is 4.57. The van der Waals surface area contributed by atoms with Gasteiger partial charge in [0.25, 0.3) is 10.0 Å². The van der Waals surface area contributed by atoms with Crippen molar-refractivity contribution in [1.82, 2.24) is 0 Å². The van der Waals surface area contributed by atoms with Gasteiger partial charge < -0.3 is 5.73 Å². The Kier molecular flexibility index (Phi) is 4.06. The number of nitrogens with one attached hydrogen (secondary N) is 1. The maximum absolute atomic E-state index is 12.4. The fraction of sp³-hybridized carbons (Fsp3) is 0.143. The Balaban J connectivity index is 2.43. The zero-order chi connectivity index (χ0) is 14.9. The summed E-state index contributed by atoms with van der Waals surface area (Å²) in [6.07, 6.45) is 0. The van der Waals surface area contributed by atoms with Gasteiger partial charge in [0.2, 0.25) is 0 Å². The van der Waals surface area contributed by atoms with Crippen molar-refractivity contribution in [2.45, 2.75) is 18.7 Å². The molecule has 2 aromatic rings. The van der Waals surface area contributed by atoms with Crippen LogP contribution in [0.2, 0.25) is 0 Å². The van der Waals surface area contributed by atoms with Crippen molar-refractivity contribution in [3.8, 4) is 0 Å². The molecule has 106 valence electrons. The minimum absolute atomic E-state index is 0.206. The van der Waals surface area contributed by atoms with Crippen LogP contribution in [0.4, 0.5) is 11.4 Å². The van der Waals surface area contributed by atoms with Crippen LogP contribution in [-0.2, 0) is 10.0 Å². The van der Waals surface area contributed by atoms with E-state index >= 15 is 0 Å². The Morgan fingerprint density at radius 1 is 1.10 bits per heavy atom. The largest absolute Gasteiger partial charge is 0.399 e. The van der Waals surface area contributed by atoms with Crippen molar-refractivity contribution < 1.29 is 8.42 Å². The molecule has 0 aliphatic heterocycles. The SMILES string of the molecule is Cc1cc(N)cc(S(=O)(=O)Nc2ccc(Br)cc2)c1C. The maximum Gasteiger partial charge on any atom is 0.262 e. The van der Waals surface area contributed by atoms with Crippen LogP contribution in [0.25, 0.3) is 0 Å². The first-order valence-corrected chi connectivity index (χ1v) is 8.22. The number of nitrogens with two attached hydrogens (primary N) is 1. The molecule has 0 heterocycles. The Morgan fingerprint density at radius 3 is 2.30 bits per heavy atom. The number of rotatable bonds is 3. The summed E-state index contributed by atoms with van der Waals surface area (Å²) in [7, 11) is -3.65. The van der Waals surface area contributed by atoms with Crippen molar-refractivity contribution >= 4 is 37.3 Å². The molecular weight excluding hydrogens is 340 g/mol. The molecule has 2 aromatic carbocycles. The number of benzene rings is 2. The lowest BCUT2D eigenvalue weighted by molar-refractivity contribution is 0.600. The summed E-state index contributed by atoms with van der Waals surface area (Å²) in [5, 5.41) is 0. The van der Waals surface area contributed by atoms with Crippen LogP contribution in [0.3, 0.4) is 0 Å². The van der Waals surface area contributed by atoms with E-state index in [-0.39, 0.29) is 4.90 Å². The van der Waals surface area contributed by atoms with Gasteiger partial charge in [0.1, 0.15) is 0 Å². The Bertz CT molecular complexity index is 741. The molecule has 20 heavy (non-hydrogen) atoms. The maximum atomic E-state index is 12.4. The summed E-state index contributed by atoms with van der Waals surface area (Å²) in [6.45, 7) is 3.61. The van der Waals surface area contributed by atoms with Gasteiger partial charge >= 0.3 is 0 Å². The second kappa shape index (κ2) is 5.46. The Morgan fingerprint density at radius 2 is 1.70 bits per heavy atom. The van der Waals surface area contributed by atoms with E-state index in [1.165, 1.54) is 6.07 Å². The first-order chi connectivity index (χ1) is 9.29. The van der Waals surface area contributed by atoms with E-state index in [2.05, 4.69) is 20.7 Å². The number of hydrogen-bond acceptors (Lipinski definition) is 3. The monoisotopic (exact) mass is 354 g/mol. The van der Waals surface area contributed by atoms with E-state index < -0.39 is 10.0 Å². The van der Waals surface area contributed by atoms with Gasteiger partial charge in [-0.1, -0.05) is 15.9 Å². The number of hydrogen-bond donors (Lipinski definition) is 2. The summed E-state index contributed by atoms with van der Waals surface area (Å²) in [5.41, 5.74) is 8.23. The Hall–Kier alpha value is -1.53. The van der Waals surface area contributed by atoms with Gasteiger partial charge in [0.05, 0.1) is 4.90 Å². The van der Waals surface area contributed by atoms with E-state index in [0.717, 1.165) is 10.0 Å². The molecule has 4 nitrogen and oxygen atoms in total. The van der Waals surface area contributed by atoms with Crippen LogP contribution in [0.1, 0.15) is 11.1 Å². The lowest BCUT2D eigenvalue weighted by atomic mass is 10.1. The molecule has 0 radical (unpaired) electrons. The predicted molar refractivity (Wildman–Crippen MR) is 85.3 cm³/mol. The normalized spacial score (nSPS) is 11.3. The third kappa shape index (κ3) is 3.13. The minimum atomic E-state index is -3.65. The van der Waals surface area contributed by atoms with E-state index in [1.807, 2.05) is 6.92 Å². The number of halogens is 1. The summed E-state index contributed by atoms with van der Waals surface area (Å²) >= 11 is 3.31. The molecule has 0 saturated carbocycles. The first kappa shape index (κ1) is 14.9. The van der Waals surface area contributed by atoms with Crippen molar-refractivity contribution in [1.29, 1.82) is 0 Å². The smallest absolute Gasteiger partial charge is 0.262 e. The molecule has 0 bridgehead atoms. The topological polar surface area (TPSA) is 72.2 Å². The van der Waals surface area contributed by atoms with Gasteiger partial charge in [-0.25, -0.2) is 8.42 Å². The third-order valence-electron chi connectivity index (χ3n) is 3.03. The summed E-state index contributed by atoms with van der Waals surface area (Å²) in [5.74, 6) is 0. The highest BCUT2D eigenvalue weighted by Gasteiger charge is 2.18. The highest BCUT2D eigenvalue weighted by Crippen LogP contribution is 2.25. The van der Waals surface area contributed by atoms with Gasteiger partial charge in [-0.05, 0) is 61.4 Å². The molecule has 2 rings (SSSR count). The van der Waals surface area contributed by atoms with E-state index in [1.54, 1.807) is 37.3 Å². The molecule has 0 fully saturated rings. The third-order valence-corrected chi connectivity index (χ3v) is 5.06. The summed E-state index contributed by atoms with van der Waals surface area (Å²) in [4.78, 5) is 0.206. The number of aryl methyl sites for hydroxylation is 1. The van der Waals surface area contributed by atoms with E-state index in [4.69, 9.17) is 5.73 Å². The van der Waals surface area contributed by atoms with Gasteiger partial charge in [0.15, 0.2) is 0 Å². The van der Waals surface area contributed by atoms with Crippen molar-refractivity contribution in [3.63, 3.8) is 0 Å². The summed E-state index contributed by atoms with van der Waals surface area (Å²) in [6, 6.07) is 10.2. The van der Waals surface area contributed by atoms with Crippen LogP contribution in [0.15, 0.2) is 45.8 Å². The average Bonchev–Trinajstić information content (AvgIpc) is 2.36. The highest BCUT2D eigenvalue weighted by atomic mass is 79.9. The van der Waals surface area contributed by atoms with Crippen LogP contribution in [0.5, 0.6) is 0 Å². The van der Waals surface area contributed by atoms with Gasteiger partial charge in [-0.3, -0.25) is 4.72 Å². The molecule has 0 atom stereocenters. The number of anilines is 2. The second-order valence-corrected chi connectivity index (χ2v) is 7.14. The molecule has 0 aliphatic carbocycles. The first-order valence-electron chi connectivity index (χ1n) is 5.95. The van der Waals surface area contributed by atoms with Gasteiger partial charge in [-0.2, -0.15) is 0 Å². The number of nitrogen functional groups attached to an aromatic ring is 1. The molecule has 0 aliphatic rings. The lowest BCUT2D eigenvalue weighted by Crippen LogP contribution is -2.15. The minimum Gasteiger partial charge on any atom is -0.399 e. The number of sulfonamides is 1. The molecule has 6 heteroatoms. The zero-order valence-electron chi connectivity index (χ0n) is 11.1. The molecule has 0 aromatic heterocycles.